The molecule has 72 valence electrons. The number of benzene rings is 1. The van der Waals surface area contributed by atoms with E-state index in [4.69, 9.17) is 5.73 Å². The minimum atomic E-state index is -0.0805. The Morgan fingerprint density at radius 3 is 2.86 bits per heavy atom. The number of anilines is 1. The molecule has 4 heteroatoms. The van der Waals surface area contributed by atoms with Gasteiger partial charge >= 0.3 is 0 Å². The fourth-order valence-corrected chi connectivity index (χ4v) is 1.48. The molecule has 0 unspecified atom stereocenters. The molecule has 0 aliphatic heterocycles. The highest BCUT2D eigenvalue weighted by molar-refractivity contribution is 5.78. The summed E-state index contributed by atoms with van der Waals surface area (Å²) in [5.41, 5.74) is 8.25. The van der Waals surface area contributed by atoms with E-state index in [1.807, 2.05) is 6.07 Å². The van der Waals surface area contributed by atoms with E-state index in [0.29, 0.717) is 11.4 Å². The van der Waals surface area contributed by atoms with Gasteiger partial charge in [0.2, 0.25) is 0 Å². The van der Waals surface area contributed by atoms with Gasteiger partial charge in [0.05, 0.1) is 11.0 Å². The number of nitrogen functional groups attached to an aromatic ring is 1. The molecule has 2 aromatic rings. The zero-order valence-electron chi connectivity index (χ0n) is 8.11. The van der Waals surface area contributed by atoms with E-state index in [1.54, 1.807) is 30.7 Å². The molecule has 0 saturated heterocycles. The molecular weight excluding hydrogens is 178 g/mol. The van der Waals surface area contributed by atoms with Gasteiger partial charge in [-0.2, -0.15) is 0 Å². The number of fused-ring (bicyclic) bond motifs is 1. The summed E-state index contributed by atoms with van der Waals surface area (Å²) in [5, 5.41) is 0. The van der Waals surface area contributed by atoms with Gasteiger partial charge in [-0.25, -0.2) is 4.98 Å². The average molecular weight is 189 g/mol. The van der Waals surface area contributed by atoms with E-state index < -0.39 is 0 Å². The third-order valence-corrected chi connectivity index (χ3v) is 2.26. The lowest BCUT2D eigenvalue weighted by Crippen LogP contribution is -2.21. The van der Waals surface area contributed by atoms with Crippen LogP contribution in [0.5, 0.6) is 0 Å². The van der Waals surface area contributed by atoms with Crippen LogP contribution in [0.25, 0.3) is 11.0 Å². The largest absolute Gasteiger partial charge is 0.399 e. The van der Waals surface area contributed by atoms with Crippen molar-refractivity contribution in [2.45, 2.75) is 6.92 Å². The van der Waals surface area contributed by atoms with Gasteiger partial charge in [-0.3, -0.25) is 4.79 Å². The summed E-state index contributed by atoms with van der Waals surface area (Å²) in [7, 11) is 1.72. The highest BCUT2D eigenvalue weighted by Gasteiger charge is 2.04. The molecular formula is C10H11N3O. The van der Waals surface area contributed by atoms with Crippen molar-refractivity contribution in [3.05, 3.63) is 34.2 Å². The minimum absolute atomic E-state index is 0.0805. The molecule has 1 aromatic carbocycles. The zero-order valence-corrected chi connectivity index (χ0v) is 8.11. The van der Waals surface area contributed by atoms with Crippen molar-refractivity contribution in [1.82, 2.24) is 9.55 Å². The summed E-state index contributed by atoms with van der Waals surface area (Å²) >= 11 is 0. The number of nitrogens with two attached hydrogens (primary N) is 1. The third kappa shape index (κ3) is 1.16. The maximum Gasteiger partial charge on any atom is 0.272 e. The SMILES string of the molecule is Cc1nc2ccc(N)cc2n(C)c1=O. The zero-order chi connectivity index (χ0) is 10.3. The number of aromatic nitrogens is 2. The molecule has 4 nitrogen and oxygen atoms in total. The minimum Gasteiger partial charge on any atom is -0.399 e. The first kappa shape index (κ1) is 8.74. The molecule has 2 N–H and O–H groups in total. The van der Waals surface area contributed by atoms with E-state index in [1.165, 1.54) is 0 Å². The van der Waals surface area contributed by atoms with Crippen LogP contribution in [-0.4, -0.2) is 9.55 Å². The highest BCUT2D eigenvalue weighted by Crippen LogP contribution is 2.13. The number of hydrogen-bond acceptors (Lipinski definition) is 3. The molecule has 1 aromatic heterocycles. The topological polar surface area (TPSA) is 60.9 Å². The van der Waals surface area contributed by atoms with Gasteiger partial charge in [0.15, 0.2) is 0 Å². The molecule has 0 saturated carbocycles. The molecule has 0 aliphatic rings. The van der Waals surface area contributed by atoms with Crippen LogP contribution in [0.15, 0.2) is 23.0 Å². The summed E-state index contributed by atoms with van der Waals surface area (Å²) in [4.78, 5) is 15.7. The molecule has 0 aliphatic carbocycles. The van der Waals surface area contributed by atoms with E-state index in [-0.39, 0.29) is 5.56 Å². The van der Waals surface area contributed by atoms with Crippen molar-refractivity contribution in [3.8, 4) is 0 Å². The molecule has 0 amide bonds. The Hall–Kier alpha value is -1.84. The maximum absolute atomic E-state index is 11.6. The third-order valence-electron chi connectivity index (χ3n) is 2.26. The van der Waals surface area contributed by atoms with Crippen molar-refractivity contribution in [2.75, 3.05) is 5.73 Å². The number of hydrogen-bond donors (Lipinski definition) is 1. The standard InChI is InChI=1S/C10H11N3O/c1-6-10(14)13(2)9-5-7(11)3-4-8(9)12-6/h3-5H,11H2,1-2H3. The van der Waals surface area contributed by atoms with Crippen LogP contribution in [0.1, 0.15) is 5.69 Å². The van der Waals surface area contributed by atoms with Crippen LogP contribution in [0, 0.1) is 6.92 Å². The molecule has 2 rings (SSSR count). The lowest BCUT2D eigenvalue weighted by atomic mass is 10.2. The number of aryl methyl sites for hydroxylation is 2. The molecule has 0 bridgehead atoms. The summed E-state index contributed by atoms with van der Waals surface area (Å²) in [6.45, 7) is 1.71. The van der Waals surface area contributed by atoms with Crippen molar-refractivity contribution in [3.63, 3.8) is 0 Å². The molecule has 0 spiro atoms. The van der Waals surface area contributed by atoms with Gasteiger partial charge in [0.25, 0.3) is 5.56 Å². The Balaban J connectivity index is 2.99. The predicted molar refractivity (Wildman–Crippen MR) is 56.1 cm³/mol. The Morgan fingerprint density at radius 2 is 2.14 bits per heavy atom. The fraction of sp³-hybridized carbons (Fsp3) is 0.200. The Labute approximate surface area is 81.0 Å². The average Bonchev–Trinajstić information content (AvgIpc) is 2.16. The summed E-state index contributed by atoms with van der Waals surface area (Å²) < 4.78 is 1.56. The molecule has 0 atom stereocenters. The van der Waals surface area contributed by atoms with Gasteiger partial charge in [-0.15, -0.1) is 0 Å². The fourth-order valence-electron chi connectivity index (χ4n) is 1.48. The quantitative estimate of drug-likeness (QED) is 0.624. The van der Waals surface area contributed by atoms with Gasteiger partial charge in [-0.05, 0) is 25.1 Å². The molecule has 0 radical (unpaired) electrons. The van der Waals surface area contributed by atoms with Crippen LogP contribution in [0.2, 0.25) is 0 Å². The first-order chi connectivity index (χ1) is 6.59. The first-order valence-electron chi connectivity index (χ1n) is 4.32. The van der Waals surface area contributed by atoms with Crippen LogP contribution in [-0.2, 0) is 7.05 Å². The van der Waals surface area contributed by atoms with Crippen LogP contribution < -0.4 is 11.3 Å². The van der Waals surface area contributed by atoms with Crippen molar-refractivity contribution < 1.29 is 0 Å². The van der Waals surface area contributed by atoms with E-state index in [2.05, 4.69) is 4.98 Å². The van der Waals surface area contributed by atoms with E-state index >= 15 is 0 Å². The van der Waals surface area contributed by atoms with Gasteiger partial charge in [-0.1, -0.05) is 0 Å². The highest BCUT2D eigenvalue weighted by atomic mass is 16.1. The van der Waals surface area contributed by atoms with E-state index in [9.17, 15) is 4.79 Å². The van der Waals surface area contributed by atoms with Crippen LogP contribution >= 0.6 is 0 Å². The van der Waals surface area contributed by atoms with E-state index in [0.717, 1.165) is 11.0 Å². The number of nitrogens with zero attached hydrogens (tertiary/aromatic N) is 2. The second-order valence-electron chi connectivity index (χ2n) is 3.31. The van der Waals surface area contributed by atoms with Crippen molar-refractivity contribution in [1.29, 1.82) is 0 Å². The molecule has 1 heterocycles. The molecule has 14 heavy (non-hydrogen) atoms. The predicted octanol–water partition coefficient (Wildman–Crippen LogP) is 0.824. The van der Waals surface area contributed by atoms with Crippen LogP contribution in [0.4, 0.5) is 5.69 Å². The van der Waals surface area contributed by atoms with Gasteiger partial charge in [0, 0.05) is 12.7 Å². The van der Waals surface area contributed by atoms with Crippen LogP contribution in [0.3, 0.4) is 0 Å². The van der Waals surface area contributed by atoms with Crippen molar-refractivity contribution >= 4 is 16.7 Å². The Morgan fingerprint density at radius 1 is 1.43 bits per heavy atom. The summed E-state index contributed by atoms with van der Waals surface area (Å²) in [5.74, 6) is 0. The first-order valence-corrected chi connectivity index (χ1v) is 4.32. The second kappa shape index (κ2) is 2.83. The second-order valence-corrected chi connectivity index (χ2v) is 3.31. The molecule has 0 fully saturated rings. The lowest BCUT2D eigenvalue weighted by molar-refractivity contribution is 0.872. The lowest BCUT2D eigenvalue weighted by Gasteiger charge is -2.05. The number of rotatable bonds is 0. The Bertz CT molecular complexity index is 557. The van der Waals surface area contributed by atoms with Crippen molar-refractivity contribution in [2.24, 2.45) is 7.05 Å². The maximum atomic E-state index is 11.6. The summed E-state index contributed by atoms with van der Waals surface area (Å²) in [6, 6.07) is 5.35. The normalized spacial score (nSPS) is 10.7. The van der Waals surface area contributed by atoms with Gasteiger partial charge in [0.1, 0.15) is 5.69 Å². The Kier molecular flexibility index (Phi) is 1.77. The van der Waals surface area contributed by atoms with Gasteiger partial charge < -0.3 is 10.3 Å². The summed E-state index contributed by atoms with van der Waals surface area (Å²) in [6.07, 6.45) is 0. The monoisotopic (exact) mass is 189 g/mol. The smallest absolute Gasteiger partial charge is 0.272 e.